The first kappa shape index (κ1) is 11.3. The van der Waals surface area contributed by atoms with Crippen molar-refractivity contribution in [1.82, 2.24) is 10.2 Å². The van der Waals surface area contributed by atoms with Crippen molar-refractivity contribution >= 4 is 10.0 Å². The van der Waals surface area contributed by atoms with Crippen LogP contribution in [0.2, 0.25) is 0 Å². The van der Waals surface area contributed by atoms with Gasteiger partial charge in [-0.3, -0.25) is 4.90 Å². The highest BCUT2D eigenvalue weighted by Crippen LogP contribution is 2.25. The number of fused-ring (bicyclic) bond motifs is 1. The lowest BCUT2D eigenvalue weighted by Crippen LogP contribution is -2.47. The molecule has 15 heavy (non-hydrogen) atoms. The molecule has 2 unspecified atom stereocenters. The molecule has 0 aromatic rings. The van der Waals surface area contributed by atoms with Crippen LogP contribution in [0.3, 0.4) is 0 Å². The highest BCUT2D eigenvalue weighted by Gasteiger charge is 2.34. The summed E-state index contributed by atoms with van der Waals surface area (Å²) in [6.07, 6.45) is 2.44. The van der Waals surface area contributed by atoms with Gasteiger partial charge in [0.2, 0.25) is 10.0 Å². The van der Waals surface area contributed by atoms with Crippen LogP contribution in [0.25, 0.3) is 0 Å². The number of rotatable bonds is 3. The van der Waals surface area contributed by atoms with E-state index in [4.69, 9.17) is 5.14 Å². The molecule has 6 heteroatoms. The molecule has 2 aliphatic rings. The molecule has 3 N–H and O–H groups in total. The number of piperidine rings is 1. The number of nitrogens with two attached hydrogens (primary N) is 1. The first-order valence-corrected chi connectivity index (χ1v) is 7.23. The number of nitrogens with one attached hydrogen (secondary N) is 1. The van der Waals surface area contributed by atoms with Crippen LogP contribution < -0.4 is 10.5 Å². The number of likely N-dealkylation sites (tertiary alicyclic amines) is 1. The molecule has 0 bridgehead atoms. The van der Waals surface area contributed by atoms with E-state index in [1.807, 2.05) is 0 Å². The van der Waals surface area contributed by atoms with Gasteiger partial charge in [0.05, 0.1) is 5.75 Å². The van der Waals surface area contributed by atoms with Gasteiger partial charge in [0.25, 0.3) is 0 Å². The maximum Gasteiger partial charge on any atom is 0.210 e. The fourth-order valence-electron chi connectivity index (χ4n) is 2.69. The van der Waals surface area contributed by atoms with Crippen LogP contribution in [0.15, 0.2) is 0 Å². The van der Waals surface area contributed by atoms with Crippen molar-refractivity contribution in [3.05, 3.63) is 0 Å². The van der Waals surface area contributed by atoms with Crippen molar-refractivity contribution in [3.63, 3.8) is 0 Å². The Balaban J connectivity index is 1.91. The zero-order valence-electron chi connectivity index (χ0n) is 8.85. The molecule has 2 aliphatic heterocycles. The molecular formula is C9H19N3O2S. The summed E-state index contributed by atoms with van der Waals surface area (Å²) in [6, 6.07) is 0.528. The van der Waals surface area contributed by atoms with Crippen LogP contribution in [0.5, 0.6) is 0 Å². The first-order valence-electron chi connectivity index (χ1n) is 5.51. The first-order chi connectivity index (χ1) is 7.06. The molecule has 88 valence electrons. The van der Waals surface area contributed by atoms with E-state index in [1.165, 1.54) is 12.8 Å². The fraction of sp³-hybridized carbons (Fsp3) is 1.00. The molecule has 2 fully saturated rings. The molecule has 0 amide bonds. The summed E-state index contributed by atoms with van der Waals surface area (Å²) >= 11 is 0. The van der Waals surface area contributed by atoms with Gasteiger partial charge in [0.1, 0.15) is 0 Å². The second-order valence-corrected chi connectivity index (χ2v) is 6.26. The Labute approximate surface area is 91.1 Å². The summed E-state index contributed by atoms with van der Waals surface area (Å²) in [4.78, 5) is 2.28. The lowest BCUT2D eigenvalue weighted by atomic mass is 9.92. The normalized spacial score (nSPS) is 32.9. The molecule has 2 rings (SSSR count). The predicted octanol–water partition coefficient (Wildman–Crippen LogP) is -1.04. The monoisotopic (exact) mass is 233 g/mol. The molecule has 5 nitrogen and oxygen atoms in total. The van der Waals surface area contributed by atoms with Crippen LogP contribution in [-0.2, 0) is 10.0 Å². The molecular weight excluding hydrogens is 214 g/mol. The maximum absolute atomic E-state index is 10.9. The smallest absolute Gasteiger partial charge is 0.210 e. The SMILES string of the molecule is NS(=O)(=O)CCN1CCCC2CNCC21. The molecule has 0 aliphatic carbocycles. The van der Waals surface area contributed by atoms with Crippen molar-refractivity contribution in [1.29, 1.82) is 0 Å². The summed E-state index contributed by atoms with van der Waals surface area (Å²) in [6.45, 7) is 3.67. The van der Waals surface area contributed by atoms with Crippen LogP contribution >= 0.6 is 0 Å². The summed E-state index contributed by atoms with van der Waals surface area (Å²) in [5.74, 6) is 0.787. The number of hydrogen-bond acceptors (Lipinski definition) is 4. The highest BCUT2D eigenvalue weighted by atomic mass is 32.2. The average molecular weight is 233 g/mol. The van der Waals surface area contributed by atoms with E-state index in [0.717, 1.165) is 19.6 Å². The largest absolute Gasteiger partial charge is 0.315 e. The van der Waals surface area contributed by atoms with Crippen LogP contribution in [0.4, 0.5) is 0 Å². The van der Waals surface area contributed by atoms with Gasteiger partial charge in [-0.25, -0.2) is 13.6 Å². The van der Waals surface area contributed by atoms with Crippen molar-refractivity contribution in [2.24, 2.45) is 11.1 Å². The van der Waals surface area contributed by atoms with Crippen LogP contribution in [-0.4, -0.2) is 51.3 Å². The van der Waals surface area contributed by atoms with E-state index in [2.05, 4.69) is 10.2 Å². The Morgan fingerprint density at radius 3 is 2.93 bits per heavy atom. The Kier molecular flexibility index (Phi) is 3.30. The Bertz CT molecular complexity index is 317. The molecule has 0 radical (unpaired) electrons. The summed E-state index contributed by atoms with van der Waals surface area (Å²) in [5.41, 5.74) is 0. The van der Waals surface area contributed by atoms with E-state index in [0.29, 0.717) is 18.5 Å². The minimum absolute atomic E-state index is 0.0796. The molecule has 0 saturated carbocycles. The highest BCUT2D eigenvalue weighted by molar-refractivity contribution is 7.89. The topological polar surface area (TPSA) is 75.4 Å². The molecule has 2 atom stereocenters. The predicted molar refractivity (Wildman–Crippen MR) is 58.9 cm³/mol. The zero-order chi connectivity index (χ0) is 10.9. The second kappa shape index (κ2) is 4.37. The number of hydrogen-bond donors (Lipinski definition) is 2. The van der Waals surface area contributed by atoms with Gasteiger partial charge >= 0.3 is 0 Å². The van der Waals surface area contributed by atoms with E-state index in [-0.39, 0.29) is 5.75 Å². The quantitative estimate of drug-likeness (QED) is 0.653. The summed E-state index contributed by atoms with van der Waals surface area (Å²) in [5, 5.41) is 8.39. The van der Waals surface area contributed by atoms with Gasteiger partial charge < -0.3 is 5.32 Å². The van der Waals surface area contributed by atoms with E-state index in [9.17, 15) is 8.42 Å². The van der Waals surface area contributed by atoms with E-state index < -0.39 is 10.0 Å². The van der Waals surface area contributed by atoms with E-state index >= 15 is 0 Å². The van der Waals surface area contributed by atoms with Crippen molar-refractivity contribution < 1.29 is 8.42 Å². The summed E-state index contributed by atoms with van der Waals surface area (Å²) < 4.78 is 21.8. The molecule has 0 aromatic heterocycles. The second-order valence-electron chi connectivity index (χ2n) is 4.53. The van der Waals surface area contributed by atoms with Gasteiger partial charge in [-0.15, -0.1) is 0 Å². The third-order valence-electron chi connectivity index (χ3n) is 3.46. The van der Waals surface area contributed by atoms with Crippen molar-refractivity contribution in [2.45, 2.75) is 18.9 Å². The maximum atomic E-state index is 10.9. The standard InChI is InChI=1S/C9H19N3O2S/c10-15(13,14)5-4-12-3-1-2-8-6-11-7-9(8)12/h8-9,11H,1-7H2,(H2,10,13,14). The Morgan fingerprint density at radius 1 is 1.40 bits per heavy atom. The van der Waals surface area contributed by atoms with Crippen molar-refractivity contribution in [2.75, 3.05) is 31.9 Å². The Morgan fingerprint density at radius 2 is 2.20 bits per heavy atom. The molecule has 2 saturated heterocycles. The Hall–Kier alpha value is -0.170. The van der Waals surface area contributed by atoms with Gasteiger partial charge in [-0.2, -0.15) is 0 Å². The van der Waals surface area contributed by atoms with Gasteiger partial charge in [0.15, 0.2) is 0 Å². The zero-order valence-corrected chi connectivity index (χ0v) is 9.67. The third kappa shape index (κ3) is 2.90. The minimum atomic E-state index is -3.31. The lowest BCUT2D eigenvalue weighted by molar-refractivity contribution is 0.133. The number of primary sulfonamides is 1. The van der Waals surface area contributed by atoms with E-state index in [1.54, 1.807) is 0 Å². The number of nitrogens with zero attached hydrogens (tertiary/aromatic N) is 1. The third-order valence-corrected chi connectivity index (χ3v) is 4.21. The van der Waals surface area contributed by atoms with Gasteiger partial charge in [-0.1, -0.05) is 0 Å². The molecule has 0 aromatic carbocycles. The van der Waals surface area contributed by atoms with Crippen LogP contribution in [0, 0.1) is 5.92 Å². The number of sulfonamides is 1. The average Bonchev–Trinajstić information content (AvgIpc) is 2.61. The van der Waals surface area contributed by atoms with Gasteiger partial charge in [0, 0.05) is 19.1 Å². The van der Waals surface area contributed by atoms with Crippen LogP contribution in [0.1, 0.15) is 12.8 Å². The molecule has 0 spiro atoms. The minimum Gasteiger partial charge on any atom is -0.315 e. The molecule has 2 heterocycles. The summed E-state index contributed by atoms with van der Waals surface area (Å²) in [7, 11) is -3.31. The van der Waals surface area contributed by atoms with Crippen molar-refractivity contribution in [3.8, 4) is 0 Å². The lowest BCUT2D eigenvalue weighted by Gasteiger charge is -2.36. The fourth-order valence-corrected chi connectivity index (χ4v) is 3.17. The van der Waals surface area contributed by atoms with Gasteiger partial charge in [-0.05, 0) is 31.8 Å².